The third-order valence-electron chi connectivity index (χ3n) is 2.49. The van der Waals surface area contributed by atoms with E-state index < -0.39 is 10.0 Å². The summed E-state index contributed by atoms with van der Waals surface area (Å²) in [6.45, 7) is 0. The summed E-state index contributed by atoms with van der Waals surface area (Å²) in [5, 5.41) is 13.4. The van der Waals surface area contributed by atoms with Crippen LogP contribution in [0.5, 0.6) is 0 Å². The fraction of sp³-hybridized carbons (Fsp3) is 0. The summed E-state index contributed by atoms with van der Waals surface area (Å²) in [6, 6.07) is 6.62. The van der Waals surface area contributed by atoms with Crippen LogP contribution in [0.25, 0.3) is 10.9 Å². The number of nitrogens with one attached hydrogen (secondary N) is 3. The summed E-state index contributed by atoms with van der Waals surface area (Å²) in [6.07, 6.45) is 2.95. The zero-order valence-corrected chi connectivity index (χ0v) is 9.90. The minimum Gasteiger partial charge on any atom is -0.278 e. The smallest absolute Gasteiger partial charge is 0.278 e. The second-order valence-electron chi connectivity index (χ2n) is 3.66. The van der Waals surface area contributed by atoms with E-state index in [1.165, 1.54) is 12.3 Å². The van der Waals surface area contributed by atoms with Gasteiger partial charge in [0.15, 0.2) is 5.03 Å². The highest BCUT2D eigenvalue weighted by Gasteiger charge is 2.16. The molecule has 0 bridgehead atoms. The van der Waals surface area contributed by atoms with Crippen LogP contribution in [-0.4, -0.2) is 28.8 Å². The van der Waals surface area contributed by atoms with E-state index in [0.29, 0.717) is 11.1 Å². The Morgan fingerprint density at radius 1 is 1.11 bits per heavy atom. The molecule has 3 rings (SSSR count). The Labute approximate surface area is 102 Å². The molecule has 3 aromatic rings. The van der Waals surface area contributed by atoms with Crippen LogP contribution in [0, 0.1) is 0 Å². The number of aromatic nitrogens is 4. The van der Waals surface area contributed by atoms with Gasteiger partial charge in [0, 0.05) is 5.39 Å². The van der Waals surface area contributed by atoms with Gasteiger partial charge in [-0.15, -0.1) is 0 Å². The van der Waals surface area contributed by atoms with Gasteiger partial charge in [-0.05, 0) is 18.2 Å². The van der Waals surface area contributed by atoms with Crippen molar-refractivity contribution in [2.45, 2.75) is 5.03 Å². The largest absolute Gasteiger partial charge is 0.278 e. The summed E-state index contributed by atoms with van der Waals surface area (Å²) in [5.74, 6) is 0. The first-order valence-electron chi connectivity index (χ1n) is 5.11. The van der Waals surface area contributed by atoms with Crippen LogP contribution >= 0.6 is 0 Å². The van der Waals surface area contributed by atoms with E-state index in [0.717, 1.165) is 5.52 Å². The Bertz CT molecular complexity index is 776. The van der Waals surface area contributed by atoms with Crippen LogP contribution in [0.2, 0.25) is 0 Å². The summed E-state index contributed by atoms with van der Waals surface area (Å²) in [7, 11) is -3.65. The van der Waals surface area contributed by atoms with Crippen LogP contribution in [-0.2, 0) is 10.0 Å². The van der Waals surface area contributed by atoms with Gasteiger partial charge in [-0.3, -0.25) is 14.9 Å². The lowest BCUT2D eigenvalue weighted by Gasteiger charge is -2.06. The van der Waals surface area contributed by atoms with Gasteiger partial charge in [0.05, 0.1) is 23.6 Å². The molecule has 0 aliphatic heterocycles. The molecule has 2 heterocycles. The number of nitrogens with zero attached hydrogens (tertiary/aromatic N) is 2. The summed E-state index contributed by atoms with van der Waals surface area (Å²) < 4.78 is 26.5. The van der Waals surface area contributed by atoms with Gasteiger partial charge >= 0.3 is 0 Å². The first-order valence-corrected chi connectivity index (χ1v) is 6.59. The zero-order chi connectivity index (χ0) is 12.6. The second-order valence-corrected chi connectivity index (χ2v) is 5.31. The van der Waals surface area contributed by atoms with Crippen LogP contribution in [0.1, 0.15) is 0 Å². The normalized spacial score (nSPS) is 11.8. The first kappa shape index (κ1) is 10.8. The van der Waals surface area contributed by atoms with Crippen molar-refractivity contribution < 1.29 is 8.42 Å². The van der Waals surface area contributed by atoms with Gasteiger partial charge in [0.1, 0.15) is 0 Å². The molecule has 7 nitrogen and oxygen atoms in total. The lowest BCUT2D eigenvalue weighted by molar-refractivity contribution is 0.597. The molecular formula is C10H9N5O2S. The lowest BCUT2D eigenvalue weighted by atomic mass is 10.2. The van der Waals surface area contributed by atoms with Crippen LogP contribution in [0.4, 0.5) is 5.69 Å². The highest BCUT2D eigenvalue weighted by molar-refractivity contribution is 7.92. The number of sulfonamides is 1. The average molecular weight is 263 g/mol. The maximum Gasteiger partial charge on any atom is 0.278 e. The molecule has 18 heavy (non-hydrogen) atoms. The van der Waals surface area contributed by atoms with Crippen molar-refractivity contribution in [1.82, 2.24) is 20.4 Å². The van der Waals surface area contributed by atoms with E-state index in [2.05, 4.69) is 25.1 Å². The average Bonchev–Trinajstić information content (AvgIpc) is 3.00. The van der Waals surface area contributed by atoms with Gasteiger partial charge in [0.25, 0.3) is 10.0 Å². The monoisotopic (exact) mass is 263 g/mol. The minimum absolute atomic E-state index is 0.0167. The fourth-order valence-corrected chi connectivity index (χ4v) is 2.64. The topological polar surface area (TPSA) is 104 Å². The molecule has 1 aromatic carbocycles. The lowest BCUT2D eigenvalue weighted by Crippen LogP contribution is -2.13. The number of fused-ring (bicyclic) bond motifs is 1. The molecule has 2 aromatic heterocycles. The number of rotatable bonds is 3. The van der Waals surface area contributed by atoms with Crippen molar-refractivity contribution in [2.75, 3.05) is 4.72 Å². The summed E-state index contributed by atoms with van der Waals surface area (Å²) in [5.41, 5.74) is 1.23. The van der Waals surface area contributed by atoms with Crippen molar-refractivity contribution in [3.05, 3.63) is 36.7 Å². The molecule has 3 N–H and O–H groups in total. The number of aromatic amines is 2. The van der Waals surface area contributed by atoms with E-state index in [1.807, 2.05) is 6.07 Å². The molecule has 0 radical (unpaired) electrons. The molecule has 0 aliphatic carbocycles. The molecule has 0 aliphatic rings. The van der Waals surface area contributed by atoms with E-state index in [9.17, 15) is 8.42 Å². The Morgan fingerprint density at radius 3 is 2.78 bits per heavy atom. The maximum atomic E-state index is 12.0. The molecule has 0 atom stereocenters. The molecule has 0 unspecified atom stereocenters. The summed E-state index contributed by atoms with van der Waals surface area (Å²) in [4.78, 5) is 0. The Balaban J connectivity index is 2.05. The standard InChI is InChI=1S/C10H9N5O2S/c16-18(17,10-4-5-11-14-10)15-9-3-1-2-8-7(9)6-12-13-8/h1-6,15H,(H,11,14)(H,12,13). The van der Waals surface area contributed by atoms with E-state index in [4.69, 9.17) is 0 Å². The van der Waals surface area contributed by atoms with Gasteiger partial charge in [-0.1, -0.05) is 6.07 Å². The number of hydrogen-bond donors (Lipinski definition) is 3. The van der Waals surface area contributed by atoms with Crippen molar-refractivity contribution >= 4 is 26.6 Å². The van der Waals surface area contributed by atoms with E-state index in [1.54, 1.807) is 18.3 Å². The number of anilines is 1. The van der Waals surface area contributed by atoms with E-state index in [-0.39, 0.29) is 5.03 Å². The van der Waals surface area contributed by atoms with Crippen LogP contribution in [0.15, 0.2) is 41.7 Å². The van der Waals surface area contributed by atoms with E-state index >= 15 is 0 Å². The highest BCUT2D eigenvalue weighted by Crippen LogP contribution is 2.23. The van der Waals surface area contributed by atoms with Crippen LogP contribution < -0.4 is 4.72 Å². The summed E-state index contributed by atoms with van der Waals surface area (Å²) >= 11 is 0. The predicted octanol–water partition coefficient (Wildman–Crippen LogP) is 1.09. The van der Waals surface area contributed by atoms with Crippen molar-refractivity contribution in [1.29, 1.82) is 0 Å². The molecule has 92 valence electrons. The molecule has 0 saturated heterocycles. The predicted molar refractivity (Wildman–Crippen MR) is 65.5 cm³/mol. The third kappa shape index (κ3) is 1.72. The zero-order valence-electron chi connectivity index (χ0n) is 9.08. The molecule has 0 fully saturated rings. The minimum atomic E-state index is -3.65. The molecular weight excluding hydrogens is 254 g/mol. The van der Waals surface area contributed by atoms with Crippen molar-refractivity contribution in [3.63, 3.8) is 0 Å². The number of hydrogen-bond acceptors (Lipinski definition) is 4. The first-order chi connectivity index (χ1) is 8.67. The maximum absolute atomic E-state index is 12.0. The van der Waals surface area contributed by atoms with Gasteiger partial charge < -0.3 is 0 Å². The molecule has 0 spiro atoms. The third-order valence-corrected chi connectivity index (χ3v) is 3.79. The molecule has 0 saturated carbocycles. The highest BCUT2D eigenvalue weighted by atomic mass is 32.2. The Morgan fingerprint density at radius 2 is 2.00 bits per heavy atom. The number of H-pyrrole nitrogens is 2. The molecule has 0 amide bonds. The SMILES string of the molecule is O=S(=O)(Nc1cccc2[nH]ncc12)c1ccn[nH]1. The van der Waals surface area contributed by atoms with Crippen molar-refractivity contribution in [3.8, 4) is 0 Å². The Hall–Kier alpha value is -2.35. The van der Waals surface area contributed by atoms with Crippen LogP contribution in [0.3, 0.4) is 0 Å². The van der Waals surface area contributed by atoms with Gasteiger partial charge in [-0.2, -0.15) is 18.6 Å². The van der Waals surface area contributed by atoms with Gasteiger partial charge in [-0.25, -0.2) is 0 Å². The molecule has 8 heteroatoms. The van der Waals surface area contributed by atoms with Gasteiger partial charge in [0.2, 0.25) is 0 Å². The number of benzene rings is 1. The van der Waals surface area contributed by atoms with Crippen molar-refractivity contribution in [2.24, 2.45) is 0 Å². The fourth-order valence-electron chi connectivity index (χ4n) is 1.65. The second kappa shape index (κ2) is 3.84. The quantitative estimate of drug-likeness (QED) is 0.658. The Kier molecular flexibility index (Phi) is 2.30.